The summed E-state index contributed by atoms with van der Waals surface area (Å²) in [6.07, 6.45) is 2.82. The fourth-order valence-corrected chi connectivity index (χ4v) is 3.55. The zero-order chi connectivity index (χ0) is 20.1. The van der Waals surface area contributed by atoms with Crippen LogP contribution in [0.3, 0.4) is 0 Å². The summed E-state index contributed by atoms with van der Waals surface area (Å²) in [5.41, 5.74) is 7.34. The van der Waals surface area contributed by atoms with Gasteiger partial charge in [0.1, 0.15) is 12.7 Å². The van der Waals surface area contributed by atoms with Gasteiger partial charge in [-0.2, -0.15) is 0 Å². The van der Waals surface area contributed by atoms with Crippen LogP contribution in [-0.2, 0) is 0 Å². The van der Waals surface area contributed by atoms with E-state index in [0.717, 1.165) is 0 Å². The Morgan fingerprint density at radius 3 is 2.66 bits per heavy atom. The average Bonchev–Trinajstić information content (AvgIpc) is 3.15. The summed E-state index contributed by atoms with van der Waals surface area (Å²) in [5, 5.41) is 1.18. The lowest BCUT2D eigenvalue weighted by molar-refractivity contribution is 0.849. The molecule has 2 aromatic carbocycles. The van der Waals surface area contributed by atoms with Crippen molar-refractivity contribution in [3.63, 3.8) is 0 Å². The molecule has 0 fully saturated rings. The third-order valence-corrected chi connectivity index (χ3v) is 5.04. The van der Waals surface area contributed by atoms with Crippen molar-refractivity contribution in [3.05, 3.63) is 75.5 Å². The Morgan fingerprint density at radius 2 is 1.83 bits per heavy atom. The number of benzene rings is 2. The molecule has 0 unspecified atom stereocenters. The fourth-order valence-electron chi connectivity index (χ4n) is 3.16. The molecule has 3 heterocycles. The summed E-state index contributed by atoms with van der Waals surface area (Å²) in [4.78, 5) is 30.6. The third kappa shape index (κ3) is 2.72. The minimum absolute atomic E-state index is 0.230. The van der Waals surface area contributed by atoms with E-state index in [4.69, 9.17) is 28.9 Å². The highest BCUT2D eigenvalue weighted by atomic mass is 35.5. The van der Waals surface area contributed by atoms with E-state index in [1.54, 1.807) is 47.0 Å². The minimum atomic E-state index is -0.329. The second-order valence-electron chi connectivity index (χ2n) is 6.21. The molecular weight excluding hydrogens is 413 g/mol. The molecule has 0 radical (unpaired) electrons. The molecule has 0 aliphatic heterocycles. The molecule has 0 aliphatic rings. The van der Waals surface area contributed by atoms with Gasteiger partial charge in [0.25, 0.3) is 5.56 Å². The van der Waals surface area contributed by atoms with Gasteiger partial charge in [-0.05, 0) is 30.3 Å². The topological polar surface area (TPSA) is 105 Å². The van der Waals surface area contributed by atoms with Crippen LogP contribution in [-0.4, -0.2) is 29.1 Å². The van der Waals surface area contributed by atoms with Gasteiger partial charge in [0.2, 0.25) is 5.95 Å². The Kier molecular flexibility index (Phi) is 3.97. The van der Waals surface area contributed by atoms with Gasteiger partial charge >= 0.3 is 0 Å². The van der Waals surface area contributed by atoms with Crippen LogP contribution in [0.1, 0.15) is 0 Å². The molecule has 0 bridgehead atoms. The first-order valence-corrected chi connectivity index (χ1v) is 9.21. The lowest BCUT2D eigenvalue weighted by Crippen LogP contribution is -2.25. The van der Waals surface area contributed by atoms with Crippen LogP contribution < -0.4 is 11.3 Å². The SMILES string of the molecule is Nc1ncnc2c1ncn2-c1nc2ccc(Cl)cc2c(=O)n1-c1ccccc1Cl. The lowest BCUT2D eigenvalue weighted by Gasteiger charge is -2.15. The highest BCUT2D eigenvalue weighted by Gasteiger charge is 2.19. The van der Waals surface area contributed by atoms with Gasteiger partial charge in [0.05, 0.1) is 21.6 Å². The molecule has 10 heteroatoms. The Labute approximate surface area is 173 Å². The number of para-hydroxylation sites is 1. The first kappa shape index (κ1) is 17.6. The number of imidazole rings is 1. The van der Waals surface area contributed by atoms with Gasteiger partial charge < -0.3 is 5.73 Å². The number of aromatic nitrogens is 6. The smallest absolute Gasteiger partial charge is 0.267 e. The van der Waals surface area contributed by atoms with Crippen molar-refractivity contribution in [3.8, 4) is 11.6 Å². The average molecular weight is 424 g/mol. The zero-order valence-electron chi connectivity index (χ0n) is 14.6. The highest BCUT2D eigenvalue weighted by Crippen LogP contribution is 2.25. The number of anilines is 1. The van der Waals surface area contributed by atoms with E-state index >= 15 is 0 Å². The van der Waals surface area contributed by atoms with Crippen molar-refractivity contribution in [1.82, 2.24) is 29.1 Å². The van der Waals surface area contributed by atoms with Crippen LogP contribution in [0.4, 0.5) is 5.82 Å². The number of nitrogen functional groups attached to an aromatic ring is 1. The largest absolute Gasteiger partial charge is 0.382 e. The van der Waals surface area contributed by atoms with Crippen LogP contribution in [0.15, 0.2) is 59.9 Å². The van der Waals surface area contributed by atoms with Crippen molar-refractivity contribution in [1.29, 1.82) is 0 Å². The quantitative estimate of drug-likeness (QED) is 0.466. The molecule has 0 atom stereocenters. The van der Waals surface area contributed by atoms with Crippen molar-refractivity contribution < 1.29 is 0 Å². The molecular formula is C19H11Cl2N7O. The molecule has 0 amide bonds. The second kappa shape index (κ2) is 6.54. The zero-order valence-corrected chi connectivity index (χ0v) is 16.1. The van der Waals surface area contributed by atoms with Crippen LogP contribution in [0.2, 0.25) is 10.0 Å². The van der Waals surface area contributed by atoms with E-state index in [2.05, 4.69) is 19.9 Å². The molecule has 0 spiro atoms. The number of nitrogens with two attached hydrogens (primary N) is 1. The molecule has 0 saturated heterocycles. The summed E-state index contributed by atoms with van der Waals surface area (Å²) in [5.74, 6) is 0.492. The van der Waals surface area contributed by atoms with E-state index in [-0.39, 0.29) is 17.3 Å². The van der Waals surface area contributed by atoms with Gasteiger partial charge in [0.15, 0.2) is 17.0 Å². The minimum Gasteiger partial charge on any atom is -0.382 e. The van der Waals surface area contributed by atoms with Gasteiger partial charge in [-0.1, -0.05) is 35.3 Å². The maximum atomic E-state index is 13.5. The number of nitrogens with zero attached hydrogens (tertiary/aromatic N) is 6. The number of hydrogen-bond donors (Lipinski definition) is 1. The van der Waals surface area contributed by atoms with Gasteiger partial charge in [-0.3, -0.25) is 9.36 Å². The molecule has 0 saturated carbocycles. The van der Waals surface area contributed by atoms with E-state index in [1.807, 2.05) is 0 Å². The first-order valence-electron chi connectivity index (χ1n) is 8.46. The van der Waals surface area contributed by atoms with Crippen molar-refractivity contribution >= 4 is 51.1 Å². The maximum Gasteiger partial charge on any atom is 0.267 e. The van der Waals surface area contributed by atoms with E-state index in [0.29, 0.717) is 37.8 Å². The molecule has 3 aromatic heterocycles. The van der Waals surface area contributed by atoms with Crippen LogP contribution >= 0.6 is 23.2 Å². The fraction of sp³-hybridized carbons (Fsp3) is 0. The first-order chi connectivity index (χ1) is 14.0. The van der Waals surface area contributed by atoms with Crippen LogP contribution in [0.5, 0.6) is 0 Å². The molecule has 29 heavy (non-hydrogen) atoms. The van der Waals surface area contributed by atoms with E-state index in [1.165, 1.54) is 17.2 Å². The normalized spacial score (nSPS) is 11.4. The molecule has 0 aliphatic carbocycles. The summed E-state index contributed by atoms with van der Waals surface area (Å²) < 4.78 is 2.98. The van der Waals surface area contributed by atoms with Gasteiger partial charge in [0, 0.05) is 5.02 Å². The number of fused-ring (bicyclic) bond motifs is 2. The number of rotatable bonds is 2. The lowest BCUT2D eigenvalue weighted by atomic mass is 10.2. The number of halogens is 2. The monoisotopic (exact) mass is 423 g/mol. The summed E-state index contributed by atoms with van der Waals surface area (Å²) in [6.45, 7) is 0. The van der Waals surface area contributed by atoms with Crippen molar-refractivity contribution in [2.75, 3.05) is 5.73 Å². The molecule has 2 N–H and O–H groups in total. The Bertz CT molecular complexity index is 1480. The Morgan fingerprint density at radius 1 is 1.00 bits per heavy atom. The Hall–Kier alpha value is -3.49. The highest BCUT2D eigenvalue weighted by molar-refractivity contribution is 6.32. The summed E-state index contributed by atoms with van der Waals surface area (Å²) >= 11 is 12.5. The maximum absolute atomic E-state index is 13.5. The van der Waals surface area contributed by atoms with E-state index < -0.39 is 0 Å². The van der Waals surface area contributed by atoms with Crippen molar-refractivity contribution in [2.24, 2.45) is 0 Å². The summed E-state index contributed by atoms with van der Waals surface area (Å²) in [7, 11) is 0. The van der Waals surface area contributed by atoms with Crippen molar-refractivity contribution in [2.45, 2.75) is 0 Å². The molecule has 142 valence electrons. The predicted octanol–water partition coefficient (Wildman–Crippen LogP) is 3.40. The molecule has 5 aromatic rings. The predicted molar refractivity (Wildman–Crippen MR) is 112 cm³/mol. The summed E-state index contributed by atoms with van der Waals surface area (Å²) in [6, 6.07) is 11.9. The standard InChI is InChI=1S/C19H11Cl2N7O/c20-10-5-6-13-11(7-10)18(29)28(14-4-2-1-3-12(14)21)19(26-13)27-9-25-15-16(22)23-8-24-17(15)27/h1-9H,(H2,22,23,24). The third-order valence-electron chi connectivity index (χ3n) is 4.48. The molecule has 5 rings (SSSR count). The van der Waals surface area contributed by atoms with Gasteiger partial charge in [-0.15, -0.1) is 0 Å². The molecule has 8 nitrogen and oxygen atoms in total. The van der Waals surface area contributed by atoms with Crippen LogP contribution in [0, 0.1) is 0 Å². The number of hydrogen-bond acceptors (Lipinski definition) is 6. The Balaban J connectivity index is 1.95. The van der Waals surface area contributed by atoms with Crippen LogP contribution in [0.25, 0.3) is 33.7 Å². The second-order valence-corrected chi connectivity index (χ2v) is 7.05. The van der Waals surface area contributed by atoms with Gasteiger partial charge in [-0.25, -0.2) is 24.5 Å². The van der Waals surface area contributed by atoms with E-state index in [9.17, 15) is 4.79 Å².